The molecule has 0 bridgehead atoms. The molecule has 2 aliphatic heterocycles. The number of nitrogens with zero attached hydrogens (tertiary/aromatic N) is 1. The van der Waals surface area contributed by atoms with Crippen LogP contribution < -0.4 is 5.32 Å². The van der Waals surface area contributed by atoms with Crippen LogP contribution in [0.3, 0.4) is 0 Å². The summed E-state index contributed by atoms with van der Waals surface area (Å²) in [7, 11) is 0. The number of hydrogen-bond acceptors (Lipinski definition) is 3. The molecule has 5 atom stereocenters. The molecule has 1 unspecified atom stereocenters. The number of piperidine rings is 1. The van der Waals surface area contributed by atoms with Crippen molar-refractivity contribution >= 4 is 11.8 Å². The summed E-state index contributed by atoms with van der Waals surface area (Å²) >= 11 is 0. The molecule has 5 nitrogen and oxygen atoms in total. The van der Waals surface area contributed by atoms with E-state index in [1.165, 1.54) is 36.1 Å². The lowest BCUT2D eigenvalue weighted by Gasteiger charge is -2.39. The Morgan fingerprint density at radius 1 is 0.930 bits per heavy atom. The van der Waals surface area contributed by atoms with Gasteiger partial charge in [0.1, 0.15) is 5.82 Å². The van der Waals surface area contributed by atoms with Crippen LogP contribution >= 0.6 is 0 Å². The zero-order valence-corrected chi connectivity index (χ0v) is 22.8. The minimum absolute atomic E-state index is 0.0291. The number of amides is 2. The largest absolute Gasteiger partial charge is 0.416 e. The maximum atomic E-state index is 13.9. The number of alkyl halides is 6. The number of fused-ring (bicyclic) bond motifs is 1. The van der Waals surface area contributed by atoms with E-state index in [-0.39, 0.29) is 36.4 Å². The number of hydrogen-bond donors (Lipinski definition) is 1. The van der Waals surface area contributed by atoms with Crippen LogP contribution in [0.1, 0.15) is 64.4 Å². The third-order valence-corrected chi connectivity index (χ3v) is 7.97. The molecule has 5 rings (SSSR count). The van der Waals surface area contributed by atoms with Gasteiger partial charge in [0.25, 0.3) is 5.91 Å². The van der Waals surface area contributed by atoms with Crippen molar-refractivity contribution in [2.45, 2.75) is 62.3 Å². The fraction of sp³-hybridized carbons (Fsp3) is 0.355. The number of halogens is 7. The van der Waals surface area contributed by atoms with E-state index in [1.54, 1.807) is 30.3 Å². The van der Waals surface area contributed by atoms with Gasteiger partial charge in [-0.05, 0) is 66.9 Å². The van der Waals surface area contributed by atoms with Crippen molar-refractivity contribution < 1.29 is 45.1 Å². The summed E-state index contributed by atoms with van der Waals surface area (Å²) in [6.45, 7) is 1.31. The summed E-state index contributed by atoms with van der Waals surface area (Å²) in [4.78, 5) is 27.7. The topological polar surface area (TPSA) is 58.6 Å². The molecule has 0 spiro atoms. The highest BCUT2D eigenvalue weighted by Crippen LogP contribution is 2.44. The normalized spacial score (nSPS) is 23.2. The quantitative estimate of drug-likeness (QED) is 0.310. The van der Waals surface area contributed by atoms with Crippen LogP contribution in [0.2, 0.25) is 0 Å². The van der Waals surface area contributed by atoms with Crippen LogP contribution in [0.15, 0.2) is 72.8 Å². The number of carbonyl (C=O) groups excluding carboxylic acids is 2. The predicted molar refractivity (Wildman–Crippen MR) is 141 cm³/mol. The molecule has 0 radical (unpaired) electrons. The number of benzene rings is 3. The first kappa shape index (κ1) is 30.5. The Kier molecular flexibility index (Phi) is 8.26. The second-order valence-corrected chi connectivity index (χ2v) is 10.8. The Morgan fingerprint density at radius 3 is 2.12 bits per heavy atom. The van der Waals surface area contributed by atoms with Crippen molar-refractivity contribution in [1.82, 2.24) is 10.2 Å². The van der Waals surface area contributed by atoms with Gasteiger partial charge in [0.05, 0.1) is 35.4 Å². The molecule has 3 aromatic rings. The van der Waals surface area contributed by atoms with Gasteiger partial charge in [-0.15, -0.1) is 0 Å². The Morgan fingerprint density at radius 2 is 1.53 bits per heavy atom. The van der Waals surface area contributed by atoms with E-state index in [1.807, 2.05) is 0 Å². The van der Waals surface area contributed by atoms with Gasteiger partial charge in [-0.3, -0.25) is 9.59 Å². The van der Waals surface area contributed by atoms with Crippen LogP contribution in [-0.2, 0) is 21.9 Å². The first-order valence-corrected chi connectivity index (χ1v) is 13.6. The molecule has 2 amide bonds. The smallest absolute Gasteiger partial charge is 0.368 e. The van der Waals surface area contributed by atoms with Crippen LogP contribution in [0.25, 0.3) is 0 Å². The van der Waals surface area contributed by atoms with Gasteiger partial charge in [-0.25, -0.2) is 4.39 Å². The lowest BCUT2D eigenvalue weighted by Crippen LogP contribution is -2.56. The van der Waals surface area contributed by atoms with E-state index in [9.17, 15) is 40.3 Å². The number of ether oxygens (including phenoxy) is 1. The van der Waals surface area contributed by atoms with E-state index in [0.717, 1.165) is 0 Å². The van der Waals surface area contributed by atoms with Crippen LogP contribution in [0, 0.1) is 5.82 Å². The molecule has 2 fully saturated rings. The van der Waals surface area contributed by atoms with Gasteiger partial charge in [-0.2, -0.15) is 26.3 Å². The molecule has 2 aliphatic rings. The molecular weight excluding hydrogens is 581 g/mol. The van der Waals surface area contributed by atoms with Gasteiger partial charge in [-0.1, -0.05) is 30.3 Å². The van der Waals surface area contributed by atoms with Crippen molar-refractivity contribution in [3.05, 3.63) is 106 Å². The molecule has 1 N–H and O–H groups in total. The van der Waals surface area contributed by atoms with Gasteiger partial charge < -0.3 is 15.0 Å². The van der Waals surface area contributed by atoms with E-state index >= 15 is 0 Å². The van der Waals surface area contributed by atoms with Crippen LogP contribution in [0.4, 0.5) is 30.7 Å². The molecule has 12 heteroatoms. The maximum absolute atomic E-state index is 13.9. The third kappa shape index (κ3) is 6.53. The summed E-state index contributed by atoms with van der Waals surface area (Å²) in [5.74, 6) is -1.82. The number of nitrogens with one attached hydrogen (secondary N) is 1. The molecule has 2 saturated heterocycles. The lowest BCUT2D eigenvalue weighted by atomic mass is 9.82. The Hall–Kier alpha value is -3.93. The minimum Gasteiger partial charge on any atom is -0.368 e. The predicted octanol–water partition coefficient (Wildman–Crippen LogP) is 6.90. The third-order valence-electron chi connectivity index (χ3n) is 7.97. The van der Waals surface area contributed by atoms with Gasteiger partial charge in [0.2, 0.25) is 5.91 Å². The van der Waals surface area contributed by atoms with Crippen molar-refractivity contribution in [3.63, 3.8) is 0 Å². The van der Waals surface area contributed by atoms with Gasteiger partial charge in [0.15, 0.2) is 0 Å². The summed E-state index contributed by atoms with van der Waals surface area (Å²) in [6, 6.07) is 13.9. The maximum Gasteiger partial charge on any atom is 0.416 e. The SMILES string of the molecule is C[C@@H](O[C@H]1CN2C(=O)CCC(NC(=O)c3ccccc3)[C@H]2[C@@H]1c1ccc(F)cc1)c1cc(C(F)(F)F)cc(C(F)(F)F)c1. The average Bonchev–Trinajstić information content (AvgIpc) is 3.34. The highest BCUT2D eigenvalue weighted by atomic mass is 19.4. The van der Waals surface area contributed by atoms with Crippen molar-refractivity contribution in [2.75, 3.05) is 6.54 Å². The Labute approximate surface area is 242 Å². The number of carbonyl (C=O) groups is 2. The summed E-state index contributed by atoms with van der Waals surface area (Å²) in [5, 5.41) is 2.98. The standard InChI is InChI=1S/C31H27F7N2O3/c1-17(20-13-21(30(33,34)35)15-22(14-20)31(36,37)38)43-25-16-40-26(41)12-11-24(39-29(42)19-5-3-2-4-6-19)28(40)27(25)18-7-9-23(32)10-8-18/h2-10,13-15,17,24-25,27-28H,11-12,16H2,1H3,(H,39,42)/t17-,24?,25+,27-,28+/m1/s1. The fourth-order valence-corrected chi connectivity index (χ4v) is 5.95. The molecule has 43 heavy (non-hydrogen) atoms. The highest BCUT2D eigenvalue weighted by molar-refractivity contribution is 5.94. The second kappa shape index (κ2) is 11.6. The van der Waals surface area contributed by atoms with E-state index < -0.39 is 59.5 Å². The first-order chi connectivity index (χ1) is 20.2. The zero-order valence-electron chi connectivity index (χ0n) is 22.8. The highest BCUT2D eigenvalue weighted by Gasteiger charge is 2.52. The average molecular weight is 609 g/mol. The summed E-state index contributed by atoms with van der Waals surface area (Å²) in [6.07, 6.45) is -11.8. The molecule has 3 aromatic carbocycles. The summed E-state index contributed by atoms with van der Waals surface area (Å²) < 4.78 is 101. The second-order valence-electron chi connectivity index (χ2n) is 10.8. The Balaban J connectivity index is 1.50. The van der Waals surface area contributed by atoms with Gasteiger partial charge >= 0.3 is 12.4 Å². The molecule has 0 aromatic heterocycles. The molecule has 0 aliphatic carbocycles. The Bertz CT molecular complexity index is 1440. The van der Waals surface area contributed by atoms with Crippen LogP contribution in [0.5, 0.6) is 0 Å². The van der Waals surface area contributed by atoms with E-state index in [4.69, 9.17) is 4.74 Å². The van der Waals surface area contributed by atoms with Crippen molar-refractivity contribution in [3.8, 4) is 0 Å². The lowest BCUT2D eigenvalue weighted by molar-refractivity contribution is -0.143. The van der Waals surface area contributed by atoms with Crippen LogP contribution in [-0.4, -0.2) is 41.4 Å². The van der Waals surface area contributed by atoms with Crippen molar-refractivity contribution in [1.29, 1.82) is 0 Å². The summed E-state index contributed by atoms with van der Waals surface area (Å²) in [5.41, 5.74) is -2.34. The first-order valence-electron chi connectivity index (χ1n) is 13.6. The molecule has 0 saturated carbocycles. The van der Waals surface area contributed by atoms with E-state index in [2.05, 4.69) is 5.32 Å². The zero-order chi connectivity index (χ0) is 31.1. The van der Waals surface area contributed by atoms with Gasteiger partial charge in [0, 0.05) is 24.4 Å². The molecule has 2 heterocycles. The fourth-order valence-electron chi connectivity index (χ4n) is 5.95. The molecule has 228 valence electrons. The van der Waals surface area contributed by atoms with Crippen molar-refractivity contribution in [2.24, 2.45) is 0 Å². The number of rotatable bonds is 6. The minimum atomic E-state index is -5.03. The monoisotopic (exact) mass is 608 g/mol. The molecular formula is C31H27F7N2O3. The van der Waals surface area contributed by atoms with E-state index in [0.29, 0.717) is 29.7 Å².